The van der Waals surface area contributed by atoms with Crippen molar-refractivity contribution in [1.29, 1.82) is 0 Å². The lowest BCUT2D eigenvalue weighted by Gasteiger charge is -2.32. The average molecular weight is 579 g/mol. The van der Waals surface area contributed by atoms with E-state index in [0.29, 0.717) is 54.9 Å². The summed E-state index contributed by atoms with van der Waals surface area (Å²) < 4.78 is 55.3. The van der Waals surface area contributed by atoms with Crippen LogP contribution in [0.5, 0.6) is 0 Å². The molecule has 0 aliphatic carbocycles. The van der Waals surface area contributed by atoms with Gasteiger partial charge in [0.15, 0.2) is 0 Å². The third-order valence-electron chi connectivity index (χ3n) is 6.97. The number of sulfonamides is 1. The highest BCUT2D eigenvalue weighted by Gasteiger charge is 2.30. The first-order valence-corrected chi connectivity index (χ1v) is 14.9. The van der Waals surface area contributed by atoms with Crippen molar-refractivity contribution in [2.45, 2.75) is 31.2 Å². The molecule has 5 rings (SSSR count). The first-order valence-electron chi connectivity index (χ1n) is 13.4. The molecule has 1 atom stereocenters. The van der Waals surface area contributed by atoms with Crippen LogP contribution in [0.1, 0.15) is 24.0 Å². The summed E-state index contributed by atoms with van der Waals surface area (Å²) in [5.74, 6) is 0.480. The standard InChI is InChI=1S/C30H32F2N6O2S/c1-21-16-26(9-12-28(21)32)35-29-13-14-34-30(37-29)36-25-7-10-27(11-8-25)41(39,40)38-15-3-5-23(20-38)19-33-18-22-4-2-6-24(31)17-22/h2,4,6-14,16-17,23,33H,3,5,15,18-20H2,1H3,(H2,34,35,36,37). The lowest BCUT2D eigenvalue weighted by Crippen LogP contribution is -2.42. The van der Waals surface area contributed by atoms with Crippen LogP contribution in [0.2, 0.25) is 0 Å². The van der Waals surface area contributed by atoms with Crippen LogP contribution in [0.3, 0.4) is 0 Å². The molecule has 8 nitrogen and oxygen atoms in total. The van der Waals surface area contributed by atoms with Gasteiger partial charge in [-0.3, -0.25) is 0 Å². The number of hydrogen-bond donors (Lipinski definition) is 3. The Morgan fingerprint density at radius 3 is 2.56 bits per heavy atom. The van der Waals surface area contributed by atoms with E-state index in [1.54, 1.807) is 66.0 Å². The molecule has 3 N–H and O–H groups in total. The molecule has 1 aliphatic rings. The monoisotopic (exact) mass is 578 g/mol. The van der Waals surface area contributed by atoms with Crippen LogP contribution in [0.4, 0.5) is 31.9 Å². The number of aromatic nitrogens is 2. The third-order valence-corrected chi connectivity index (χ3v) is 8.85. The summed E-state index contributed by atoms with van der Waals surface area (Å²) in [4.78, 5) is 8.90. The molecule has 0 saturated carbocycles. The van der Waals surface area contributed by atoms with Crippen molar-refractivity contribution < 1.29 is 17.2 Å². The van der Waals surface area contributed by atoms with Crippen LogP contribution in [-0.2, 0) is 16.6 Å². The Labute approximate surface area is 238 Å². The van der Waals surface area contributed by atoms with E-state index in [4.69, 9.17) is 0 Å². The number of benzene rings is 3. The van der Waals surface area contributed by atoms with E-state index in [-0.39, 0.29) is 22.4 Å². The largest absolute Gasteiger partial charge is 0.340 e. The van der Waals surface area contributed by atoms with Gasteiger partial charge < -0.3 is 16.0 Å². The number of rotatable bonds is 10. The van der Waals surface area contributed by atoms with Gasteiger partial charge in [-0.05, 0) is 104 Å². The van der Waals surface area contributed by atoms with Gasteiger partial charge in [-0.1, -0.05) is 12.1 Å². The fraction of sp³-hybridized carbons (Fsp3) is 0.267. The highest BCUT2D eigenvalue weighted by atomic mass is 32.2. The van der Waals surface area contributed by atoms with Crippen molar-refractivity contribution in [1.82, 2.24) is 19.6 Å². The SMILES string of the molecule is Cc1cc(Nc2ccnc(Nc3ccc(S(=O)(=O)N4CCCC(CNCc5cccc(F)c5)C4)cc3)n2)ccc1F. The molecule has 11 heteroatoms. The Balaban J connectivity index is 1.18. The predicted molar refractivity (Wildman–Crippen MR) is 156 cm³/mol. The van der Waals surface area contributed by atoms with E-state index in [9.17, 15) is 17.2 Å². The minimum Gasteiger partial charge on any atom is -0.340 e. The molecule has 1 aliphatic heterocycles. The molecule has 0 amide bonds. The molecular weight excluding hydrogens is 546 g/mol. The quantitative estimate of drug-likeness (QED) is 0.221. The number of nitrogens with zero attached hydrogens (tertiary/aromatic N) is 3. The maximum Gasteiger partial charge on any atom is 0.243 e. The maximum absolute atomic E-state index is 13.6. The van der Waals surface area contributed by atoms with E-state index in [2.05, 4.69) is 25.9 Å². The van der Waals surface area contributed by atoms with Crippen molar-refractivity contribution in [3.8, 4) is 0 Å². The highest BCUT2D eigenvalue weighted by Crippen LogP contribution is 2.26. The summed E-state index contributed by atoms with van der Waals surface area (Å²) in [7, 11) is -3.66. The van der Waals surface area contributed by atoms with Crippen LogP contribution in [0, 0.1) is 24.5 Å². The van der Waals surface area contributed by atoms with Gasteiger partial charge in [0.05, 0.1) is 4.90 Å². The molecule has 1 aromatic heterocycles. The number of anilines is 4. The lowest BCUT2D eigenvalue weighted by molar-refractivity contribution is 0.260. The van der Waals surface area contributed by atoms with Crippen LogP contribution >= 0.6 is 0 Å². The zero-order valence-electron chi connectivity index (χ0n) is 22.6. The smallest absolute Gasteiger partial charge is 0.243 e. The molecule has 1 saturated heterocycles. The second-order valence-electron chi connectivity index (χ2n) is 10.1. The maximum atomic E-state index is 13.6. The zero-order chi connectivity index (χ0) is 28.8. The fourth-order valence-electron chi connectivity index (χ4n) is 4.83. The summed E-state index contributed by atoms with van der Waals surface area (Å²) in [6.07, 6.45) is 3.30. The summed E-state index contributed by atoms with van der Waals surface area (Å²) in [5, 5.41) is 9.56. The molecule has 0 radical (unpaired) electrons. The topological polar surface area (TPSA) is 99.2 Å². The van der Waals surface area contributed by atoms with Crippen molar-refractivity contribution in [3.63, 3.8) is 0 Å². The molecule has 0 bridgehead atoms. The molecule has 1 fully saturated rings. The fourth-order valence-corrected chi connectivity index (χ4v) is 6.38. The average Bonchev–Trinajstić information content (AvgIpc) is 2.96. The van der Waals surface area contributed by atoms with E-state index >= 15 is 0 Å². The number of hydrogen-bond acceptors (Lipinski definition) is 7. The molecule has 3 aromatic carbocycles. The minimum absolute atomic E-state index is 0.171. The second kappa shape index (κ2) is 12.7. The van der Waals surface area contributed by atoms with Gasteiger partial charge in [0.1, 0.15) is 17.5 Å². The van der Waals surface area contributed by atoms with Gasteiger partial charge >= 0.3 is 0 Å². The normalized spacial score (nSPS) is 15.9. The van der Waals surface area contributed by atoms with Crippen LogP contribution in [0.25, 0.3) is 0 Å². The summed E-state index contributed by atoms with van der Waals surface area (Å²) in [6, 6.07) is 19.4. The molecule has 1 unspecified atom stereocenters. The van der Waals surface area contributed by atoms with Crippen molar-refractivity contribution in [2.75, 3.05) is 30.3 Å². The van der Waals surface area contributed by atoms with E-state index in [1.165, 1.54) is 18.2 Å². The van der Waals surface area contributed by atoms with Gasteiger partial charge in [0.2, 0.25) is 16.0 Å². The van der Waals surface area contributed by atoms with Crippen molar-refractivity contribution in [2.24, 2.45) is 5.92 Å². The predicted octanol–water partition coefficient (Wildman–Crippen LogP) is 5.74. The lowest BCUT2D eigenvalue weighted by atomic mass is 9.99. The summed E-state index contributed by atoms with van der Waals surface area (Å²) >= 11 is 0. The minimum atomic E-state index is -3.66. The van der Waals surface area contributed by atoms with Crippen LogP contribution in [0.15, 0.2) is 83.9 Å². The van der Waals surface area contributed by atoms with Crippen LogP contribution < -0.4 is 16.0 Å². The summed E-state index contributed by atoms with van der Waals surface area (Å²) in [5.41, 5.74) is 2.72. The second-order valence-corrected chi connectivity index (χ2v) is 12.1. The molecular formula is C30H32F2N6O2S. The Morgan fingerprint density at radius 2 is 1.78 bits per heavy atom. The number of nitrogens with one attached hydrogen (secondary N) is 3. The van der Waals surface area contributed by atoms with Gasteiger partial charge in [-0.15, -0.1) is 0 Å². The van der Waals surface area contributed by atoms with E-state index < -0.39 is 10.0 Å². The molecule has 214 valence electrons. The number of aryl methyl sites for hydroxylation is 1. The van der Waals surface area contributed by atoms with Gasteiger partial charge in [-0.25, -0.2) is 22.2 Å². The Bertz CT molecular complexity index is 1600. The number of piperidine rings is 1. The molecule has 0 spiro atoms. The Morgan fingerprint density at radius 1 is 0.976 bits per heavy atom. The highest BCUT2D eigenvalue weighted by molar-refractivity contribution is 7.89. The summed E-state index contributed by atoms with van der Waals surface area (Å²) in [6.45, 7) is 3.78. The zero-order valence-corrected chi connectivity index (χ0v) is 23.5. The molecule has 4 aromatic rings. The van der Waals surface area contributed by atoms with Crippen LogP contribution in [-0.4, -0.2) is 42.3 Å². The number of halogens is 2. The third kappa shape index (κ3) is 7.43. The van der Waals surface area contributed by atoms with E-state index in [0.717, 1.165) is 18.4 Å². The van der Waals surface area contributed by atoms with Gasteiger partial charge in [-0.2, -0.15) is 9.29 Å². The molecule has 41 heavy (non-hydrogen) atoms. The first-order chi connectivity index (χ1) is 19.8. The first kappa shape index (κ1) is 28.6. The van der Waals surface area contributed by atoms with Gasteiger partial charge in [0, 0.05) is 37.2 Å². The van der Waals surface area contributed by atoms with E-state index in [1.807, 2.05) is 6.07 Å². The molecule has 2 heterocycles. The van der Waals surface area contributed by atoms with Gasteiger partial charge in [0.25, 0.3) is 0 Å². The van der Waals surface area contributed by atoms with Crippen molar-refractivity contribution in [3.05, 3.63) is 102 Å². The van der Waals surface area contributed by atoms with Crippen molar-refractivity contribution >= 4 is 33.2 Å². The Hall–Kier alpha value is -3.93. The Kier molecular flexibility index (Phi) is 8.87.